The summed E-state index contributed by atoms with van der Waals surface area (Å²) in [5, 5.41) is 0.919. The van der Waals surface area contributed by atoms with Crippen LogP contribution in [0.15, 0.2) is 37.3 Å². The predicted molar refractivity (Wildman–Crippen MR) is 61.8 cm³/mol. The first-order chi connectivity index (χ1) is 7.85. The summed E-state index contributed by atoms with van der Waals surface area (Å²) >= 11 is 0. The molecule has 0 radical (unpaired) electrons. The zero-order valence-corrected chi connectivity index (χ0v) is 9.01. The quantitative estimate of drug-likeness (QED) is 0.735. The molecule has 0 aliphatic carbocycles. The number of nitrogens with zero attached hydrogens (tertiary/aromatic N) is 2. The summed E-state index contributed by atoms with van der Waals surface area (Å²) in [6, 6.07) is 3.69. The van der Waals surface area contributed by atoms with Crippen LogP contribution in [0.5, 0.6) is 11.5 Å². The zero-order chi connectivity index (χ0) is 11.4. The molecule has 0 amide bonds. The average molecular weight is 216 g/mol. The number of aromatic nitrogens is 2. The minimum absolute atomic E-state index is 0.440. The summed E-state index contributed by atoms with van der Waals surface area (Å²) in [6.45, 7) is 4.04. The van der Waals surface area contributed by atoms with Crippen LogP contribution in [0.1, 0.15) is 0 Å². The van der Waals surface area contributed by atoms with Crippen molar-refractivity contribution >= 4 is 10.9 Å². The van der Waals surface area contributed by atoms with E-state index in [0.717, 1.165) is 10.9 Å². The lowest BCUT2D eigenvalue weighted by Gasteiger charge is -2.09. The Morgan fingerprint density at radius 1 is 1.38 bits per heavy atom. The van der Waals surface area contributed by atoms with Crippen molar-refractivity contribution in [3.63, 3.8) is 0 Å². The molecular weight excluding hydrogens is 204 g/mol. The third kappa shape index (κ3) is 1.95. The number of methoxy groups -OCH3 is 1. The van der Waals surface area contributed by atoms with E-state index in [4.69, 9.17) is 9.47 Å². The fourth-order valence-corrected chi connectivity index (χ4v) is 1.41. The number of ether oxygens (including phenoxy) is 2. The van der Waals surface area contributed by atoms with Crippen LogP contribution >= 0.6 is 0 Å². The van der Waals surface area contributed by atoms with E-state index in [1.807, 2.05) is 12.1 Å². The van der Waals surface area contributed by atoms with Gasteiger partial charge < -0.3 is 9.47 Å². The fourth-order valence-electron chi connectivity index (χ4n) is 1.41. The summed E-state index contributed by atoms with van der Waals surface area (Å²) < 4.78 is 10.7. The van der Waals surface area contributed by atoms with E-state index >= 15 is 0 Å². The van der Waals surface area contributed by atoms with Gasteiger partial charge in [-0.2, -0.15) is 0 Å². The van der Waals surface area contributed by atoms with Crippen molar-refractivity contribution in [1.29, 1.82) is 0 Å². The predicted octanol–water partition coefficient (Wildman–Crippen LogP) is 2.20. The molecule has 4 heteroatoms. The fraction of sp³-hybridized carbons (Fsp3) is 0.167. The van der Waals surface area contributed by atoms with Crippen molar-refractivity contribution < 1.29 is 9.47 Å². The van der Waals surface area contributed by atoms with Crippen molar-refractivity contribution in [2.75, 3.05) is 13.7 Å². The van der Waals surface area contributed by atoms with E-state index in [1.54, 1.807) is 19.4 Å². The van der Waals surface area contributed by atoms with Gasteiger partial charge in [0.25, 0.3) is 0 Å². The van der Waals surface area contributed by atoms with E-state index in [2.05, 4.69) is 16.5 Å². The molecule has 0 spiro atoms. The van der Waals surface area contributed by atoms with Crippen LogP contribution in [0.4, 0.5) is 0 Å². The lowest BCUT2D eigenvalue weighted by Crippen LogP contribution is -1.96. The SMILES string of the molecule is C=CCOc1cc2cncnc2cc1OC. The molecule has 1 aromatic carbocycles. The molecule has 0 aliphatic rings. The van der Waals surface area contributed by atoms with Gasteiger partial charge in [0.1, 0.15) is 12.9 Å². The number of hydrogen-bond acceptors (Lipinski definition) is 4. The van der Waals surface area contributed by atoms with Crippen LogP contribution in [0.3, 0.4) is 0 Å². The Balaban J connectivity index is 2.49. The van der Waals surface area contributed by atoms with Crippen LogP contribution in [0.2, 0.25) is 0 Å². The standard InChI is InChI=1S/C12H12N2O2/c1-3-4-16-12-5-9-7-13-8-14-10(9)6-11(12)15-2/h3,5-8H,1,4H2,2H3. The van der Waals surface area contributed by atoms with Gasteiger partial charge in [0.2, 0.25) is 0 Å². The van der Waals surface area contributed by atoms with Gasteiger partial charge in [-0.05, 0) is 6.07 Å². The van der Waals surface area contributed by atoms with Crippen LogP contribution in [-0.4, -0.2) is 23.7 Å². The number of hydrogen-bond donors (Lipinski definition) is 0. The molecule has 0 atom stereocenters. The maximum Gasteiger partial charge on any atom is 0.162 e. The largest absolute Gasteiger partial charge is 0.493 e. The van der Waals surface area contributed by atoms with Crippen molar-refractivity contribution in [3.05, 3.63) is 37.3 Å². The molecule has 82 valence electrons. The van der Waals surface area contributed by atoms with Crippen LogP contribution in [0, 0.1) is 0 Å². The van der Waals surface area contributed by atoms with Crippen molar-refractivity contribution in [1.82, 2.24) is 9.97 Å². The lowest BCUT2D eigenvalue weighted by atomic mass is 10.2. The van der Waals surface area contributed by atoms with Crippen LogP contribution in [-0.2, 0) is 0 Å². The Morgan fingerprint density at radius 2 is 2.25 bits per heavy atom. The smallest absolute Gasteiger partial charge is 0.162 e. The van der Waals surface area contributed by atoms with E-state index in [0.29, 0.717) is 18.1 Å². The van der Waals surface area contributed by atoms with E-state index in [9.17, 15) is 0 Å². The normalized spacial score (nSPS) is 10.1. The molecule has 2 aromatic rings. The molecule has 0 fully saturated rings. The van der Waals surface area contributed by atoms with Gasteiger partial charge in [-0.15, -0.1) is 0 Å². The van der Waals surface area contributed by atoms with Gasteiger partial charge in [0, 0.05) is 17.6 Å². The number of benzene rings is 1. The van der Waals surface area contributed by atoms with E-state index < -0.39 is 0 Å². The van der Waals surface area contributed by atoms with Gasteiger partial charge in [0.15, 0.2) is 11.5 Å². The molecular formula is C12H12N2O2. The zero-order valence-electron chi connectivity index (χ0n) is 9.01. The summed E-state index contributed by atoms with van der Waals surface area (Å²) in [7, 11) is 1.60. The highest BCUT2D eigenvalue weighted by atomic mass is 16.5. The molecule has 0 unspecified atom stereocenters. The Kier molecular flexibility index (Phi) is 3.00. The molecule has 0 saturated carbocycles. The molecule has 0 saturated heterocycles. The first-order valence-electron chi connectivity index (χ1n) is 4.86. The van der Waals surface area contributed by atoms with Crippen molar-refractivity contribution in [2.45, 2.75) is 0 Å². The minimum Gasteiger partial charge on any atom is -0.493 e. The molecule has 4 nitrogen and oxygen atoms in total. The maximum atomic E-state index is 5.49. The molecule has 0 N–H and O–H groups in total. The summed E-state index contributed by atoms with van der Waals surface area (Å²) in [6.07, 6.45) is 4.93. The maximum absolute atomic E-state index is 5.49. The average Bonchev–Trinajstić information content (AvgIpc) is 2.35. The van der Waals surface area contributed by atoms with Gasteiger partial charge in [-0.3, -0.25) is 0 Å². The second-order valence-corrected chi connectivity index (χ2v) is 3.18. The second kappa shape index (κ2) is 4.61. The first-order valence-corrected chi connectivity index (χ1v) is 4.86. The van der Waals surface area contributed by atoms with Crippen molar-refractivity contribution in [3.8, 4) is 11.5 Å². The molecule has 16 heavy (non-hydrogen) atoms. The van der Waals surface area contributed by atoms with Crippen LogP contribution in [0.25, 0.3) is 10.9 Å². The molecule has 1 aromatic heterocycles. The number of fused-ring (bicyclic) bond motifs is 1. The second-order valence-electron chi connectivity index (χ2n) is 3.18. The summed E-state index contributed by atoms with van der Waals surface area (Å²) in [5.41, 5.74) is 0.831. The van der Waals surface area contributed by atoms with Gasteiger partial charge in [-0.25, -0.2) is 9.97 Å². The highest BCUT2D eigenvalue weighted by Gasteiger charge is 2.06. The molecule has 0 bridgehead atoms. The first kappa shape index (κ1) is 10.4. The summed E-state index contributed by atoms with van der Waals surface area (Å²) in [4.78, 5) is 8.11. The van der Waals surface area contributed by atoms with Crippen LogP contribution < -0.4 is 9.47 Å². The van der Waals surface area contributed by atoms with E-state index in [-0.39, 0.29) is 0 Å². The van der Waals surface area contributed by atoms with E-state index in [1.165, 1.54) is 6.33 Å². The topological polar surface area (TPSA) is 44.2 Å². The molecule has 2 rings (SSSR count). The lowest BCUT2D eigenvalue weighted by molar-refractivity contribution is 0.327. The Hall–Kier alpha value is -2.10. The molecule has 1 heterocycles. The summed E-state index contributed by atoms with van der Waals surface area (Å²) in [5.74, 6) is 1.33. The van der Waals surface area contributed by atoms with Gasteiger partial charge >= 0.3 is 0 Å². The third-order valence-electron chi connectivity index (χ3n) is 2.15. The monoisotopic (exact) mass is 216 g/mol. The minimum atomic E-state index is 0.440. The Bertz CT molecular complexity index is 511. The Labute approximate surface area is 93.5 Å². The van der Waals surface area contributed by atoms with Crippen molar-refractivity contribution in [2.24, 2.45) is 0 Å². The highest BCUT2D eigenvalue weighted by Crippen LogP contribution is 2.31. The molecule has 0 aliphatic heterocycles. The third-order valence-corrected chi connectivity index (χ3v) is 2.15. The number of rotatable bonds is 4. The Morgan fingerprint density at radius 3 is 3.00 bits per heavy atom. The highest BCUT2D eigenvalue weighted by molar-refractivity contribution is 5.81. The van der Waals surface area contributed by atoms with Gasteiger partial charge in [-0.1, -0.05) is 12.7 Å². The van der Waals surface area contributed by atoms with Gasteiger partial charge in [0.05, 0.1) is 12.6 Å².